The fourth-order valence-corrected chi connectivity index (χ4v) is 3.19. The predicted octanol–water partition coefficient (Wildman–Crippen LogP) is 3.83. The zero-order valence-electron chi connectivity index (χ0n) is 13.8. The maximum absolute atomic E-state index is 11.9. The standard InChI is InChI=1S/C18H16ClN5OS/c19-16-10-5-4-7-14(16)13-20-17(25)11-6-12-26-18-21-22-23-24(18)15-8-2-1-3-9-15/h1-5,7-10,13H,6,11-12H2. The van der Waals surface area contributed by atoms with Crippen LogP contribution in [0.5, 0.6) is 0 Å². The summed E-state index contributed by atoms with van der Waals surface area (Å²) in [6.45, 7) is 0. The molecule has 26 heavy (non-hydrogen) atoms. The predicted molar refractivity (Wildman–Crippen MR) is 103 cm³/mol. The molecule has 6 nitrogen and oxygen atoms in total. The van der Waals surface area contributed by atoms with Crippen molar-refractivity contribution in [3.63, 3.8) is 0 Å². The number of nitrogens with zero attached hydrogens (tertiary/aromatic N) is 5. The quantitative estimate of drug-likeness (QED) is 0.351. The lowest BCUT2D eigenvalue weighted by Gasteiger charge is -2.03. The van der Waals surface area contributed by atoms with Gasteiger partial charge in [0, 0.05) is 29.0 Å². The van der Waals surface area contributed by atoms with Crippen LogP contribution in [0.25, 0.3) is 5.69 Å². The first-order valence-electron chi connectivity index (χ1n) is 8.02. The van der Waals surface area contributed by atoms with Gasteiger partial charge < -0.3 is 0 Å². The van der Waals surface area contributed by atoms with Gasteiger partial charge in [0.25, 0.3) is 0 Å². The molecule has 1 amide bonds. The monoisotopic (exact) mass is 385 g/mol. The SMILES string of the molecule is O=C(CCCSc1nnnn1-c1ccccc1)N=Cc1ccccc1Cl. The summed E-state index contributed by atoms with van der Waals surface area (Å²) in [6.07, 6.45) is 2.56. The van der Waals surface area contributed by atoms with Crippen LogP contribution in [0.15, 0.2) is 64.7 Å². The zero-order chi connectivity index (χ0) is 18.2. The van der Waals surface area contributed by atoms with E-state index < -0.39 is 0 Å². The highest BCUT2D eigenvalue weighted by atomic mass is 35.5. The number of benzene rings is 2. The number of halogens is 1. The highest BCUT2D eigenvalue weighted by molar-refractivity contribution is 7.99. The molecule has 0 spiro atoms. The third kappa shape index (κ3) is 5.00. The van der Waals surface area contributed by atoms with Gasteiger partial charge in [-0.15, -0.1) is 5.10 Å². The summed E-state index contributed by atoms with van der Waals surface area (Å²) in [4.78, 5) is 15.8. The lowest BCUT2D eigenvalue weighted by molar-refractivity contribution is -0.117. The van der Waals surface area contributed by atoms with Gasteiger partial charge in [-0.3, -0.25) is 4.79 Å². The number of aliphatic imine (C=N–C) groups is 1. The number of tetrazole rings is 1. The summed E-state index contributed by atoms with van der Waals surface area (Å²) in [5, 5.41) is 13.0. The average Bonchev–Trinajstić information content (AvgIpc) is 3.14. The average molecular weight is 386 g/mol. The normalized spacial score (nSPS) is 11.1. The molecule has 0 bridgehead atoms. The van der Waals surface area contributed by atoms with Crippen LogP contribution in [0, 0.1) is 0 Å². The summed E-state index contributed by atoms with van der Waals surface area (Å²) in [5.41, 5.74) is 1.64. The summed E-state index contributed by atoms with van der Waals surface area (Å²) in [6, 6.07) is 16.9. The third-order valence-electron chi connectivity index (χ3n) is 3.46. The number of hydrogen-bond acceptors (Lipinski definition) is 5. The molecule has 132 valence electrons. The van der Waals surface area contributed by atoms with E-state index in [-0.39, 0.29) is 5.91 Å². The van der Waals surface area contributed by atoms with Crippen LogP contribution >= 0.6 is 23.4 Å². The Morgan fingerprint density at radius 3 is 2.73 bits per heavy atom. The van der Waals surface area contributed by atoms with Crippen molar-refractivity contribution in [2.75, 3.05) is 5.75 Å². The van der Waals surface area contributed by atoms with Crippen LogP contribution in [0.2, 0.25) is 5.02 Å². The van der Waals surface area contributed by atoms with Crippen molar-refractivity contribution in [1.82, 2.24) is 20.2 Å². The minimum Gasteiger partial charge on any atom is -0.273 e. The summed E-state index contributed by atoms with van der Waals surface area (Å²) < 4.78 is 1.68. The number of thioether (sulfide) groups is 1. The summed E-state index contributed by atoms with van der Waals surface area (Å²) in [7, 11) is 0. The van der Waals surface area contributed by atoms with Crippen molar-refractivity contribution in [3.05, 3.63) is 65.2 Å². The van der Waals surface area contributed by atoms with E-state index in [4.69, 9.17) is 11.6 Å². The van der Waals surface area contributed by atoms with Crippen LogP contribution in [0.1, 0.15) is 18.4 Å². The summed E-state index contributed by atoms with van der Waals surface area (Å²) >= 11 is 7.54. The van der Waals surface area contributed by atoms with E-state index in [2.05, 4.69) is 20.5 Å². The number of rotatable bonds is 7. The van der Waals surface area contributed by atoms with E-state index in [1.807, 2.05) is 48.5 Å². The molecule has 0 fully saturated rings. The highest BCUT2D eigenvalue weighted by Gasteiger charge is 2.09. The van der Waals surface area contributed by atoms with Gasteiger partial charge in [0.15, 0.2) is 0 Å². The van der Waals surface area contributed by atoms with Gasteiger partial charge in [-0.2, -0.15) is 4.68 Å². The van der Waals surface area contributed by atoms with Gasteiger partial charge in [0.2, 0.25) is 11.1 Å². The Kier molecular flexibility index (Phi) is 6.51. The van der Waals surface area contributed by atoms with E-state index in [0.717, 1.165) is 17.0 Å². The molecule has 0 unspecified atom stereocenters. The fraction of sp³-hybridized carbons (Fsp3) is 0.167. The molecule has 8 heteroatoms. The van der Waals surface area contributed by atoms with Crippen molar-refractivity contribution in [2.45, 2.75) is 18.0 Å². The molecule has 0 N–H and O–H groups in total. The second-order valence-electron chi connectivity index (χ2n) is 5.33. The van der Waals surface area contributed by atoms with Crippen molar-refractivity contribution in [3.8, 4) is 5.69 Å². The van der Waals surface area contributed by atoms with Gasteiger partial charge in [0.05, 0.1) is 5.69 Å². The number of carbonyl (C=O) groups excluding carboxylic acids is 1. The first-order chi connectivity index (χ1) is 12.7. The smallest absolute Gasteiger partial charge is 0.245 e. The van der Waals surface area contributed by atoms with Gasteiger partial charge in [0.1, 0.15) is 0 Å². The highest BCUT2D eigenvalue weighted by Crippen LogP contribution is 2.19. The second kappa shape index (κ2) is 9.26. The lowest BCUT2D eigenvalue weighted by atomic mass is 10.2. The Bertz CT molecular complexity index is 897. The van der Waals surface area contributed by atoms with E-state index >= 15 is 0 Å². The molecule has 1 aromatic heterocycles. The number of para-hydroxylation sites is 1. The summed E-state index contributed by atoms with van der Waals surface area (Å²) in [5.74, 6) is 0.550. The molecule has 0 aliphatic rings. The Balaban J connectivity index is 1.47. The fourth-order valence-electron chi connectivity index (χ4n) is 2.17. The van der Waals surface area contributed by atoms with Crippen LogP contribution < -0.4 is 0 Å². The molecule has 1 heterocycles. The Hall–Kier alpha value is -2.51. The van der Waals surface area contributed by atoms with Gasteiger partial charge >= 0.3 is 0 Å². The van der Waals surface area contributed by atoms with Crippen LogP contribution in [-0.4, -0.2) is 38.1 Å². The van der Waals surface area contributed by atoms with Crippen molar-refractivity contribution in [2.24, 2.45) is 4.99 Å². The Morgan fingerprint density at radius 2 is 1.92 bits per heavy atom. The first-order valence-corrected chi connectivity index (χ1v) is 9.38. The number of carbonyl (C=O) groups is 1. The van der Waals surface area contributed by atoms with Crippen LogP contribution in [0.4, 0.5) is 0 Å². The maximum atomic E-state index is 11.9. The van der Waals surface area contributed by atoms with Crippen molar-refractivity contribution in [1.29, 1.82) is 0 Å². The molecule has 0 aliphatic carbocycles. The van der Waals surface area contributed by atoms with E-state index in [9.17, 15) is 4.79 Å². The molecule has 3 rings (SSSR count). The third-order valence-corrected chi connectivity index (χ3v) is 4.81. The molecular weight excluding hydrogens is 370 g/mol. The van der Waals surface area contributed by atoms with Crippen molar-refractivity contribution >= 4 is 35.5 Å². The lowest BCUT2D eigenvalue weighted by Crippen LogP contribution is -2.00. The topological polar surface area (TPSA) is 73.0 Å². The minimum absolute atomic E-state index is 0.173. The molecular formula is C18H16ClN5OS. The maximum Gasteiger partial charge on any atom is 0.245 e. The molecule has 0 saturated carbocycles. The van der Waals surface area contributed by atoms with Gasteiger partial charge in [-0.05, 0) is 35.0 Å². The van der Waals surface area contributed by atoms with Gasteiger partial charge in [-0.25, -0.2) is 4.99 Å². The van der Waals surface area contributed by atoms with E-state index in [1.165, 1.54) is 18.0 Å². The molecule has 0 aliphatic heterocycles. The first kappa shape index (κ1) is 18.3. The molecule has 0 atom stereocenters. The molecule has 2 aromatic carbocycles. The van der Waals surface area contributed by atoms with E-state index in [0.29, 0.717) is 23.0 Å². The van der Waals surface area contributed by atoms with Crippen molar-refractivity contribution < 1.29 is 4.79 Å². The number of amides is 1. The number of hydrogen-bond donors (Lipinski definition) is 0. The molecule has 0 radical (unpaired) electrons. The van der Waals surface area contributed by atoms with Gasteiger partial charge in [-0.1, -0.05) is 59.8 Å². The van der Waals surface area contributed by atoms with Crippen LogP contribution in [-0.2, 0) is 4.79 Å². The largest absolute Gasteiger partial charge is 0.273 e. The van der Waals surface area contributed by atoms with Crippen LogP contribution in [0.3, 0.4) is 0 Å². The van der Waals surface area contributed by atoms with E-state index in [1.54, 1.807) is 10.7 Å². The zero-order valence-corrected chi connectivity index (χ0v) is 15.4. The Labute approximate surface area is 160 Å². The Morgan fingerprint density at radius 1 is 1.15 bits per heavy atom. The second-order valence-corrected chi connectivity index (χ2v) is 6.80. The number of aromatic nitrogens is 4. The molecule has 3 aromatic rings. The molecule has 0 saturated heterocycles. The minimum atomic E-state index is -0.173.